The third-order valence-electron chi connectivity index (χ3n) is 3.55. The standard InChI is InChI=1S/C15H12Cl2N4O2/c1-3-10-11(7(2)4-5-18-10)21-13-8(14(22)20-15(21)23)6-9(16)12(17)19-13/h4-6H,3H2,1-2H3,(H,20,22,23). The molecule has 0 spiro atoms. The van der Waals surface area contributed by atoms with Crippen molar-refractivity contribution in [3.8, 4) is 5.69 Å². The van der Waals surface area contributed by atoms with Gasteiger partial charge < -0.3 is 0 Å². The van der Waals surface area contributed by atoms with Crippen molar-refractivity contribution < 1.29 is 0 Å². The summed E-state index contributed by atoms with van der Waals surface area (Å²) in [6.07, 6.45) is 2.29. The second kappa shape index (κ2) is 5.79. The number of rotatable bonds is 2. The van der Waals surface area contributed by atoms with E-state index in [9.17, 15) is 9.59 Å². The summed E-state index contributed by atoms with van der Waals surface area (Å²) in [6.45, 7) is 3.79. The van der Waals surface area contributed by atoms with Crippen LogP contribution in [0.5, 0.6) is 0 Å². The zero-order valence-electron chi connectivity index (χ0n) is 12.4. The fourth-order valence-corrected chi connectivity index (χ4v) is 2.78. The van der Waals surface area contributed by atoms with E-state index in [-0.39, 0.29) is 21.2 Å². The molecule has 3 aromatic rings. The van der Waals surface area contributed by atoms with E-state index in [1.54, 1.807) is 12.3 Å². The van der Waals surface area contributed by atoms with Crippen molar-refractivity contribution in [2.75, 3.05) is 0 Å². The van der Waals surface area contributed by atoms with Crippen molar-refractivity contribution in [1.29, 1.82) is 0 Å². The Morgan fingerprint density at radius 2 is 2.04 bits per heavy atom. The number of nitrogens with one attached hydrogen (secondary N) is 1. The number of halogens is 2. The van der Waals surface area contributed by atoms with Gasteiger partial charge in [-0.3, -0.25) is 14.8 Å². The molecule has 3 rings (SSSR count). The number of hydrogen-bond acceptors (Lipinski definition) is 4. The first-order valence-corrected chi connectivity index (χ1v) is 7.65. The smallest absolute Gasteiger partial charge is 0.273 e. The predicted molar refractivity (Wildman–Crippen MR) is 89.9 cm³/mol. The van der Waals surface area contributed by atoms with E-state index in [0.29, 0.717) is 17.8 Å². The quantitative estimate of drug-likeness (QED) is 0.720. The first kappa shape index (κ1) is 15.7. The van der Waals surface area contributed by atoms with Crippen molar-refractivity contribution in [3.05, 3.63) is 60.6 Å². The lowest BCUT2D eigenvalue weighted by Crippen LogP contribution is -2.31. The van der Waals surface area contributed by atoms with E-state index < -0.39 is 11.2 Å². The van der Waals surface area contributed by atoms with Crippen molar-refractivity contribution in [2.45, 2.75) is 20.3 Å². The summed E-state index contributed by atoms with van der Waals surface area (Å²) in [6, 6.07) is 3.19. The van der Waals surface area contributed by atoms with E-state index >= 15 is 0 Å². The van der Waals surface area contributed by atoms with Gasteiger partial charge in [0.05, 0.1) is 21.8 Å². The molecular formula is C15H12Cl2N4O2. The zero-order chi connectivity index (χ0) is 16.7. The Bertz CT molecular complexity index is 1040. The van der Waals surface area contributed by atoms with Crippen LogP contribution < -0.4 is 11.2 Å². The topological polar surface area (TPSA) is 80.6 Å². The highest BCUT2D eigenvalue weighted by Crippen LogP contribution is 2.25. The lowest BCUT2D eigenvalue weighted by atomic mass is 10.1. The highest BCUT2D eigenvalue weighted by Gasteiger charge is 2.17. The molecule has 0 radical (unpaired) electrons. The van der Waals surface area contributed by atoms with Gasteiger partial charge in [0, 0.05) is 6.20 Å². The molecule has 23 heavy (non-hydrogen) atoms. The Labute approximate surface area is 140 Å². The Morgan fingerprint density at radius 3 is 2.74 bits per heavy atom. The van der Waals surface area contributed by atoms with Gasteiger partial charge in [-0.05, 0) is 31.0 Å². The SMILES string of the molecule is CCc1nccc(C)c1-n1c(=O)[nH]c(=O)c2cc(Cl)c(Cl)nc21. The summed E-state index contributed by atoms with van der Waals surface area (Å²) in [5.41, 5.74) is 1.13. The highest BCUT2D eigenvalue weighted by atomic mass is 35.5. The largest absolute Gasteiger partial charge is 0.334 e. The number of aromatic amines is 1. The number of hydrogen-bond donors (Lipinski definition) is 1. The lowest BCUT2D eigenvalue weighted by Gasteiger charge is -2.14. The second-order valence-corrected chi connectivity index (χ2v) is 5.77. The van der Waals surface area contributed by atoms with Crippen molar-refractivity contribution >= 4 is 34.2 Å². The molecule has 0 atom stereocenters. The van der Waals surface area contributed by atoms with Crippen LogP contribution in [0.1, 0.15) is 18.2 Å². The van der Waals surface area contributed by atoms with Crippen LogP contribution in [0, 0.1) is 6.92 Å². The molecule has 0 aliphatic carbocycles. The monoisotopic (exact) mass is 350 g/mol. The van der Waals surface area contributed by atoms with Gasteiger partial charge in [0.15, 0.2) is 5.65 Å². The molecule has 118 valence electrons. The number of fused-ring (bicyclic) bond motifs is 1. The molecule has 8 heteroatoms. The van der Waals surface area contributed by atoms with Crippen LogP contribution in [0.3, 0.4) is 0 Å². The number of aromatic nitrogens is 4. The molecule has 0 aliphatic rings. The minimum absolute atomic E-state index is 0.0255. The Balaban J connectivity index is 2.56. The number of nitrogens with zero attached hydrogens (tertiary/aromatic N) is 3. The summed E-state index contributed by atoms with van der Waals surface area (Å²) in [5, 5.41) is 0.357. The number of H-pyrrole nitrogens is 1. The molecule has 6 nitrogen and oxygen atoms in total. The summed E-state index contributed by atoms with van der Waals surface area (Å²) in [4.78, 5) is 35.2. The van der Waals surface area contributed by atoms with Gasteiger partial charge in [0.25, 0.3) is 5.56 Å². The molecule has 0 saturated carbocycles. The van der Waals surface area contributed by atoms with Gasteiger partial charge in [-0.15, -0.1) is 0 Å². The van der Waals surface area contributed by atoms with Crippen LogP contribution in [0.25, 0.3) is 16.7 Å². The zero-order valence-corrected chi connectivity index (χ0v) is 13.9. The maximum Gasteiger partial charge on any atom is 0.334 e. The number of aryl methyl sites for hydroxylation is 2. The maximum atomic E-state index is 12.4. The van der Waals surface area contributed by atoms with Gasteiger partial charge in [-0.25, -0.2) is 14.3 Å². The summed E-state index contributed by atoms with van der Waals surface area (Å²) < 4.78 is 1.32. The van der Waals surface area contributed by atoms with E-state index in [0.717, 1.165) is 5.56 Å². The number of pyridine rings is 2. The average molecular weight is 351 g/mol. The molecule has 0 fully saturated rings. The van der Waals surface area contributed by atoms with Gasteiger partial charge in [-0.1, -0.05) is 30.1 Å². The highest BCUT2D eigenvalue weighted by molar-refractivity contribution is 6.41. The molecule has 0 saturated heterocycles. The van der Waals surface area contributed by atoms with E-state index in [4.69, 9.17) is 23.2 Å². The van der Waals surface area contributed by atoms with Crippen LogP contribution in [0.4, 0.5) is 0 Å². The van der Waals surface area contributed by atoms with Crippen molar-refractivity contribution in [3.63, 3.8) is 0 Å². The molecule has 1 N–H and O–H groups in total. The van der Waals surface area contributed by atoms with E-state index in [2.05, 4.69) is 15.0 Å². The summed E-state index contributed by atoms with van der Waals surface area (Å²) in [5.74, 6) is 0. The molecular weight excluding hydrogens is 339 g/mol. The fraction of sp³-hybridized carbons (Fsp3) is 0.200. The first-order valence-electron chi connectivity index (χ1n) is 6.90. The molecule has 0 amide bonds. The molecule has 3 heterocycles. The summed E-state index contributed by atoms with van der Waals surface area (Å²) in [7, 11) is 0. The van der Waals surface area contributed by atoms with Crippen LogP contribution in [0.15, 0.2) is 27.9 Å². The normalized spacial score (nSPS) is 11.1. The first-order chi connectivity index (χ1) is 10.9. The van der Waals surface area contributed by atoms with Gasteiger partial charge in [0.2, 0.25) is 0 Å². The third-order valence-corrected chi connectivity index (χ3v) is 4.23. The second-order valence-electron chi connectivity index (χ2n) is 5.00. The fourth-order valence-electron chi connectivity index (χ4n) is 2.49. The molecule has 0 bridgehead atoms. The van der Waals surface area contributed by atoms with E-state index in [1.165, 1.54) is 10.6 Å². The van der Waals surface area contributed by atoms with Crippen molar-refractivity contribution in [1.82, 2.24) is 19.5 Å². The van der Waals surface area contributed by atoms with Gasteiger partial charge in [0.1, 0.15) is 5.15 Å². The van der Waals surface area contributed by atoms with Crippen LogP contribution in [-0.2, 0) is 6.42 Å². The van der Waals surface area contributed by atoms with Crippen LogP contribution in [-0.4, -0.2) is 19.5 Å². The van der Waals surface area contributed by atoms with Gasteiger partial charge in [-0.2, -0.15) is 0 Å². The van der Waals surface area contributed by atoms with Crippen molar-refractivity contribution in [2.24, 2.45) is 0 Å². The Morgan fingerprint density at radius 1 is 1.30 bits per heavy atom. The Kier molecular flexibility index (Phi) is 3.95. The average Bonchev–Trinajstić information content (AvgIpc) is 2.50. The van der Waals surface area contributed by atoms with Gasteiger partial charge >= 0.3 is 5.69 Å². The predicted octanol–water partition coefficient (Wildman–Crippen LogP) is 2.65. The molecule has 0 unspecified atom stereocenters. The molecule has 0 aromatic carbocycles. The minimum Gasteiger partial charge on any atom is -0.273 e. The lowest BCUT2D eigenvalue weighted by molar-refractivity contribution is 0.879. The molecule has 0 aliphatic heterocycles. The van der Waals surface area contributed by atoms with Crippen LogP contribution >= 0.6 is 23.2 Å². The summed E-state index contributed by atoms with van der Waals surface area (Å²) >= 11 is 11.9. The van der Waals surface area contributed by atoms with E-state index in [1.807, 2.05) is 13.8 Å². The Hall–Kier alpha value is -2.18. The molecule has 3 aromatic heterocycles. The maximum absolute atomic E-state index is 12.4. The minimum atomic E-state index is -0.598. The third kappa shape index (κ3) is 2.54. The van der Waals surface area contributed by atoms with Crippen LogP contribution in [0.2, 0.25) is 10.2 Å².